The van der Waals surface area contributed by atoms with Crippen LogP contribution in [0.2, 0.25) is 0 Å². The minimum Gasteiger partial charge on any atom is -0.497 e. The van der Waals surface area contributed by atoms with Crippen LogP contribution >= 0.6 is 0 Å². The molecule has 3 aromatic rings. The zero-order chi connectivity index (χ0) is 23.6. The summed E-state index contributed by atoms with van der Waals surface area (Å²) in [6, 6.07) is 7.50. The SMILES string of the molecule is COc1ccc2cc(C(=O)NC(C)C(NC(=O)c3coc(C(F)F)c3)C(C)C)n(C)c2c1. The number of ether oxygens (including phenoxy) is 1. The van der Waals surface area contributed by atoms with Gasteiger partial charge < -0.3 is 24.4 Å². The Morgan fingerprint density at radius 3 is 2.38 bits per heavy atom. The quantitative estimate of drug-likeness (QED) is 0.540. The van der Waals surface area contributed by atoms with E-state index in [1.165, 1.54) is 0 Å². The lowest BCUT2D eigenvalue weighted by molar-refractivity contribution is 0.0867. The first-order valence-corrected chi connectivity index (χ1v) is 10.2. The van der Waals surface area contributed by atoms with Gasteiger partial charge >= 0.3 is 0 Å². The van der Waals surface area contributed by atoms with Gasteiger partial charge in [-0.3, -0.25) is 9.59 Å². The van der Waals surface area contributed by atoms with Crippen LogP contribution < -0.4 is 15.4 Å². The van der Waals surface area contributed by atoms with E-state index in [9.17, 15) is 18.4 Å². The number of rotatable bonds is 8. The molecule has 2 amide bonds. The van der Waals surface area contributed by atoms with Crippen LogP contribution in [0, 0.1) is 5.92 Å². The van der Waals surface area contributed by atoms with E-state index in [1.807, 2.05) is 32.0 Å². The predicted octanol–water partition coefficient (Wildman–Crippen LogP) is 4.29. The molecule has 0 saturated heterocycles. The van der Waals surface area contributed by atoms with Gasteiger partial charge in [-0.2, -0.15) is 0 Å². The Balaban J connectivity index is 1.74. The average Bonchev–Trinajstić information content (AvgIpc) is 3.37. The molecule has 0 radical (unpaired) electrons. The van der Waals surface area contributed by atoms with Crippen LogP contribution in [0.25, 0.3) is 10.9 Å². The highest BCUT2D eigenvalue weighted by Gasteiger charge is 2.27. The average molecular weight is 447 g/mol. The molecule has 2 aromatic heterocycles. The first kappa shape index (κ1) is 23.3. The van der Waals surface area contributed by atoms with Gasteiger partial charge in [0, 0.05) is 24.5 Å². The third kappa shape index (κ3) is 4.76. The van der Waals surface area contributed by atoms with Gasteiger partial charge in [-0.05, 0) is 37.1 Å². The van der Waals surface area contributed by atoms with Gasteiger partial charge in [0.05, 0.1) is 24.2 Å². The highest BCUT2D eigenvalue weighted by molar-refractivity contribution is 5.99. The van der Waals surface area contributed by atoms with E-state index >= 15 is 0 Å². The number of methoxy groups -OCH3 is 1. The number of furan rings is 1. The summed E-state index contributed by atoms with van der Waals surface area (Å²) in [6.45, 7) is 5.59. The van der Waals surface area contributed by atoms with Crippen LogP contribution in [-0.4, -0.2) is 35.6 Å². The van der Waals surface area contributed by atoms with Gasteiger partial charge in [0.2, 0.25) is 0 Å². The second-order valence-electron chi connectivity index (χ2n) is 8.06. The van der Waals surface area contributed by atoms with Crippen molar-refractivity contribution < 1.29 is 27.5 Å². The van der Waals surface area contributed by atoms with E-state index in [-0.39, 0.29) is 17.4 Å². The van der Waals surface area contributed by atoms with Crippen molar-refractivity contribution in [3.63, 3.8) is 0 Å². The Bertz CT molecular complexity index is 1120. The maximum absolute atomic E-state index is 13.0. The number of benzene rings is 1. The molecule has 0 bridgehead atoms. The smallest absolute Gasteiger partial charge is 0.295 e. The van der Waals surface area contributed by atoms with Gasteiger partial charge in [-0.25, -0.2) is 8.78 Å². The van der Waals surface area contributed by atoms with Crippen molar-refractivity contribution in [1.82, 2.24) is 15.2 Å². The number of halogens is 2. The Kier molecular flexibility index (Phi) is 6.86. The number of carbonyl (C=O) groups is 2. The molecule has 1 aromatic carbocycles. The summed E-state index contributed by atoms with van der Waals surface area (Å²) in [4.78, 5) is 25.5. The molecule has 0 fully saturated rings. The van der Waals surface area contributed by atoms with Crippen molar-refractivity contribution in [3.05, 3.63) is 53.6 Å². The van der Waals surface area contributed by atoms with Crippen LogP contribution in [0.4, 0.5) is 8.78 Å². The number of amides is 2. The fourth-order valence-electron chi connectivity index (χ4n) is 3.72. The van der Waals surface area contributed by atoms with Crippen molar-refractivity contribution in [2.45, 2.75) is 39.3 Å². The summed E-state index contributed by atoms with van der Waals surface area (Å²) in [5.41, 5.74) is 1.32. The number of nitrogens with zero attached hydrogens (tertiary/aromatic N) is 1. The molecule has 0 aliphatic rings. The van der Waals surface area contributed by atoms with Gasteiger partial charge in [-0.15, -0.1) is 0 Å². The van der Waals surface area contributed by atoms with E-state index in [2.05, 4.69) is 10.6 Å². The number of hydrogen-bond acceptors (Lipinski definition) is 4. The highest BCUT2D eigenvalue weighted by Crippen LogP contribution is 2.24. The van der Waals surface area contributed by atoms with Gasteiger partial charge in [0.1, 0.15) is 17.7 Å². The minimum atomic E-state index is -2.79. The number of alkyl halides is 2. The molecule has 0 spiro atoms. The molecular formula is C23H27F2N3O4. The van der Waals surface area contributed by atoms with Crippen LogP contribution in [0.5, 0.6) is 5.75 Å². The topological polar surface area (TPSA) is 85.5 Å². The first-order chi connectivity index (χ1) is 15.1. The number of carbonyl (C=O) groups excluding carboxylic acids is 2. The number of aromatic nitrogens is 1. The molecule has 0 saturated carbocycles. The van der Waals surface area contributed by atoms with Gasteiger partial charge in [0.25, 0.3) is 18.2 Å². The molecule has 9 heteroatoms. The number of nitrogens with one attached hydrogen (secondary N) is 2. The number of hydrogen-bond donors (Lipinski definition) is 2. The molecule has 2 N–H and O–H groups in total. The lowest BCUT2D eigenvalue weighted by Crippen LogP contribution is -2.52. The molecule has 3 rings (SSSR count). The second kappa shape index (κ2) is 9.42. The summed E-state index contributed by atoms with van der Waals surface area (Å²) < 4.78 is 37.2. The molecule has 172 valence electrons. The normalized spacial score (nSPS) is 13.4. The first-order valence-electron chi connectivity index (χ1n) is 10.2. The zero-order valence-corrected chi connectivity index (χ0v) is 18.6. The van der Waals surface area contributed by atoms with E-state index in [4.69, 9.17) is 9.15 Å². The maximum atomic E-state index is 13.0. The largest absolute Gasteiger partial charge is 0.497 e. The summed E-state index contributed by atoms with van der Waals surface area (Å²) in [5.74, 6) is -0.746. The van der Waals surface area contributed by atoms with Crippen LogP contribution in [0.3, 0.4) is 0 Å². The van der Waals surface area contributed by atoms with Crippen LogP contribution in [-0.2, 0) is 7.05 Å². The number of aryl methyl sites for hydroxylation is 1. The monoisotopic (exact) mass is 447 g/mol. The zero-order valence-electron chi connectivity index (χ0n) is 18.6. The van der Waals surface area contributed by atoms with E-state index < -0.39 is 30.2 Å². The van der Waals surface area contributed by atoms with Crippen molar-refractivity contribution >= 4 is 22.7 Å². The van der Waals surface area contributed by atoms with Gasteiger partial charge in [0.15, 0.2) is 5.76 Å². The predicted molar refractivity (Wildman–Crippen MR) is 116 cm³/mol. The summed E-state index contributed by atoms with van der Waals surface area (Å²) in [7, 11) is 3.38. The fourth-order valence-corrected chi connectivity index (χ4v) is 3.72. The highest BCUT2D eigenvalue weighted by atomic mass is 19.3. The third-order valence-electron chi connectivity index (χ3n) is 5.50. The molecule has 7 nitrogen and oxygen atoms in total. The van der Waals surface area contributed by atoms with Gasteiger partial charge in [-0.1, -0.05) is 13.8 Å². The fraction of sp³-hybridized carbons (Fsp3) is 0.391. The molecule has 2 heterocycles. The van der Waals surface area contributed by atoms with Crippen molar-refractivity contribution in [1.29, 1.82) is 0 Å². The summed E-state index contributed by atoms with van der Waals surface area (Å²) in [5, 5.41) is 6.65. The summed E-state index contributed by atoms with van der Waals surface area (Å²) >= 11 is 0. The Labute approximate surface area is 184 Å². The van der Waals surface area contributed by atoms with Crippen molar-refractivity contribution in [2.75, 3.05) is 7.11 Å². The second-order valence-corrected chi connectivity index (χ2v) is 8.06. The Hall–Kier alpha value is -3.36. The molecule has 32 heavy (non-hydrogen) atoms. The molecule has 0 aliphatic heterocycles. The molecule has 2 unspecified atom stereocenters. The Morgan fingerprint density at radius 2 is 1.78 bits per heavy atom. The van der Waals surface area contributed by atoms with E-state index in [1.54, 1.807) is 31.7 Å². The lowest BCUT2D eigenvalue weighted by Gasteiger charge is -2.29. The molecule has 0 aliphatic carbocycles. The maximum Gasteiger partial charge on any atom is 0.295 e. The third-order valence-corrected chi connectivity index (χ3v) is 5.50. The Morgan fingerprint density at radius 1 is 1.06 bits per heavy atom. The van der Waals surface area contributed by atoms with Crippen molar-refractivity contribution in [2.24, 2.45) is 13.0 Å². The number of fused-ring (bicyclic) bond motifs is 1. The summed E-state index contributed by atoms with van der Waals surface area (Å²) in [6.07, 6.45) is -1.79. The van der Waals surface area contributed by atoms with Crippen LogP contribution in [0.15, 0.2) is 41.0 Å². The lowest BCUT2D eigenvalue weighted by atomic mass is 9.97. The standard InChI is InChI=1S/C23H27F2N3O4/c1-12(2)20(27-22(29)15-9-19(21(24)25)32-11-15)13(3)26-23(30)18-8-14-6-7-16(31-5)10-17(14)28(18)4/h6-13,20-21H,1-5H3,(H,26,30)(H,27,29). The molecular weight excluding hydrogens is 420 g/mol. The minimum absolute atomic E-state index is 0.00658. The van der Waals surface area contributed by atoms with E-state index in [0.717, 1.165) is 23.2 Å². The van der Waals surface area contributed by atoms with Crippen LogP contribution in [0.1, 0.15) is 53.8 Å². The molecule has 2 atom stereocenters. The van der Waals surface area contributed by atoms with Crippen molar-refractivity contribution in [3.8, 4) is 5.75 Å². The van der Waals surface area contributed by atoms with E-state index in [0.29, 0.717) is 11.4 Å².